The minimum Gasteiger partial charge on any atom is -0.0652 e. The number of hydrogen-bond acceptors (Lipinski definition) is 0. The van der Waals surface area contributed by atoms with E-state index < -0.39 is 0 Å². The minimum atomic E-state index is 1.10. The van der Waals surface area contributed by atoms with Crippen LogP contribution >= 0.6 is 0 Å². The fraction of sp³-hybridized carbons (Fsp3) is 0.200. The van der Waals surface area contributed by atoms with Gasteiger partial charge < -0.3 is 0 Å². The smallest absolute Gasteiger partial charge is 0.00134 e. The van der Waals surface area contributed by atoms with Gasteiger partial charge in [0.05, 0.1) is 0 Å². The quantitative estimate of drug-likeness (QED) is 0.418. The first-order valence-electron chi connectivity index (χ1n) is 9.34. The van der Waals surface area contributed by atoms with Crippen molar-refractivity contribution >= 4 is 6.08 Å². The highest BCUT2D eigenvalue weighted by Gasteiger charge is 2.17. The van der Waals surface area contributed by atoms with E-state index in [-0.39, 0.29) is 0 Å². The maximum absolute atomic E-state index is 2.44. The number of allylic oxidation sites excluding steroid dienone is 1. The third-order valence-corrected chi connectivity index (χ3v) is 5.65. The van der Waals surface area contributed by atoms with Crippen LogP contribution in [0.1, 0.15) is 40.7 Å². The zero-order chi connectivity index (χ0) is 16.6. The van der Waals surface area contributed by atoms with Crippen LogP contribution in [0.15, 0.2) is 72.3 Å². The molecule has 0 unspecified atom stereocenters. The van der Waals surface area contributed by atoms with Gasteiger partial charge in [0.2, 0.25) is 0 Å². The summed E-state index contributed by atoms with van der Waals surface area (Å²) in [5.74, 6) is 0. The molecule has 0 fully saturated rings. The van der Waals surface area contributed by atoms with Crippen molar-refractivity contribution < 1.29 is 0 Å². The number of rotatable bonds is 4. The molecule has 3 aromatic rings. The maximum atomic E-state index is 2.44. The largest absolute Gasteiger partial charge is 0.0652 e. The van der Waals surface area contributed by atoms with Gasteiger partial charge in [0.1, 0.15) is 0 Å². The van der Waals surface area contributed by atoms with Crippen LogP contribution in [0, 0.1) is 0 Å². The topological polar surface area (TPSA) is 0 Å². The van der Waals surface area contributed by atoms with Crippen molar-refractivity contribution in [1.82, 2.24) is 0 Å². The van der Waals surface area contributed by atoms with E-state index in [4.69, 9.17) is 0 Å². The molecule has 0 bridgehead atoms. The molecule has 0 nitrogen and oxygen atoms in total. The van der Waals surface area contributed by atoms with Crippen molar-refractivity contribution in [3.05, 3.63) is 100 Å². The summed E-state index contributed by atoms with van der Waals surface area (Å²) in [5.41, 5.74) is 11.8. The summed E-state index contributed by atoms with van der Waals surface area (Å²) in [7, 11) is 0. The first-order chi connectivity index (χ1) is 12.4. The van der Waals surface area contributed by atoms with Crippen LogP contribution < -0.4 is 0 Å². The van der Waals surface area contributed by atoms with Crippen molar-refractivity contribution in [1.29, 1.82) is 0 Å². The Morgan fingerprint density at radius 3 is 2.36 bits per heavy atom. The van der Waals surface area contributed by atoms with Gasteiger partial charge in [-0.1, -0.05) is 78.4 Å². The third kappa shape index (κ3) is 2.72. The molecule has 0 heteroatoms. The van der Waals surface area contributed by atoms with Crippen molar-refractivity contribution in [3.63, 3.8) is 0 Å². The Bertz CT molecular complexity index is 975. The molecule has 0 atom stereocenters. The summed E-state index contributed by atoms with van der Waals surface area (Å²) < 4.78 is 0. The molecule has 2 aliphatic carbocycles. The SMILES string of the molecule is C1=C(CCCc2ccc3c(c2)Cc2ccccc2-3)Cc2ccccc21. The van der Waals surface area contributed by atoms with Crippen LogP contribution in [-0.2, 0) is 19.3 Å². The number of aryl methyl sites for hydroxylation is 1. The van der Waals surface area contributed by atoms with E-state index in [1.165, 1.54) is 58.2 Å². The van der Waals surface area contributed by atoms with Crippen LogP contribution in [0.5, 0.6) is 0 Å². The predicted octanol–water partition coefficient (Wildman–Crippen LogP) is 6.22. The maximum Gasteiger partial charge on any atom is -0.00134 e. The van der Waals surface area contributed by atoms with E-state index in [0.717, 1.165) is 12.8 Å². The first kappa shape index (κ1) is 14.7. The highest BCUT2D eigenvalue weighted by molar-refractivity contribution is 5.76. The molecule has 0 N–H and O–H groups in total. The van der Waals surface area contributed by atoms with E-state index >= 15 is 0 Å². The van der Waals surface area contributed by atoms with E-state index in [1.807, 2.05) is 0 Å². The van der Waals surface area contributed by atoms with Gasteiger partial charge >= 0.3 is 0 Å². The van der Waals surface area contributed by atoms with E-state index in [1.54, 1.807) is 5.57 Å². The monoisotopic (exact) mass is 322 g/mol. The zero-order valence-electron chi connectivity index (χ0n) is 14.5. The lowest BCUT2D eigenvalue weighted by Gasteiger charge is -2.06. The molecule has 5 rings (SSSR count). The summed E-state index contributed by atoms with van der Waals surface area (Å²) in [4.78, 5) is 0. The fourth-order valence-electron chi connectivity index (χ4n) is 4.39. The molecule has 3 aromatic carbocycles. The third-order valence-electron chi connectivity index (χ3n) is 5.65. The summed E-state index contributed by atoms with van der Waals surface area (Å²) >= 11 is 0. The average Bonchev–Trinajstić information content (AvgIpc) is 3.21. The molecule has 0 heterocycles. The van der Waals surface area contributed by atoms with Gasteiger partial charge in [-0.2, -0.15) is 0 Å². The molecule has 0 saturated carbocycles. The predicted molar refractivity (Wildman–Crippen MR) is 106 cm³/mol. The second kappa shape index (κ2) is 6.04. The van der Waals surface area contributed by atoms with Gasteiger partial charge in [-0.05, 0) is 71.0 Å². The standard InChI is InChI=1S/C25H22/c1-2-9-21-16-19(15-20(21)8-1)7-5-6-18-12-13-25-23(14-18)17-22-10-3-4-11-24(22)25/h1-4,8-15H,5-7,16-17H2. The van der Waals surface area contributed by atoms with Gasteiger partial charge in [-0.3, -0.25) is 0 Å². The second-order valence-corrected chi connectivity index (χ2v) is 7.36. The molecule has 2 aliphatic rings. The van der Waals surface area contributed by atoms with Crippen LogP contribution in [0.25, 0.3) is 17.2 Å². The molecular formula is C25H22. The highest BCUT2D eigenvalue weighted by Crippen LogP contribution is 2.37. The average molecular weight is 322 g/mol. The van der Waals surface area contributed by atoms with Crippen molar-refractivity contribution in [3.8, 4) is 11.1 Å². The van der Waals surface area contributed by atoms with Crippen LogP contribution in [0.4, 0.5) is 0 Å². The summed E-state index contributed by atoms with van der Waals surface area (Å²) in [6.45, 7) is 0. The van der Waals surface area contributed by atoms with Crippen LogP contribution in [0.3, 0.4) is 0 Å². The molecule has 0 amide bonds. The molecular weight excluding hydrogens is 300 g/mol. The first-order valence-corrected chi connectivity index (χ1v) is 9.34. The van der Waals surface area contributed by atoms with Crippen molar-refractivity contribution in [2.24, 2.45) is 0 Å². The van der Waals surface area contributed by atoms with Crippen LogP contribution in [0.2, 0.25) is 0 Å². The summed E-state index contributed by atoms with van der Waals surface area (Å²) in [6, 6.07) is 24.7. The van der Waals surface area contributed by atoms with Gasteiger partial charge in [0, 0.05) is 0 Å². The van der Waals surface area contributed by atoms with Gasteiger partial charge in [0.25, 0.3) is 0 Å². The fourth-order valence-corrected chi connectivity index (χ4v) is 4.39. The number of hydrogen-bond donors (Lipinski definition) is 0. The second-order valence-electron chi connectivity index (χ2n) is 7.36. The van der Waals surface area contributed by atoms with Gasteiger partial charge in [0.15, 0.2) is 0 Å². The van der Waals surface area contributed by atoms with Crippen molar-refractivity contribution in [2.45, 2.75) is 32.1 Å². The highest BCUT2D eigenvalue weighted by atomic mass is 14.2. The molecule has 0 saturated heterocycles. The number of fused-ring (bicyclic) bond motifs is 4. The Kier molecular flexibility index (Phi) is 3.56. The van der Waals surface area contributed by atoms with Gasteiger partial charge in [-0.15, -0.1) is 0 Å². The Labute approximate surface area is 149 Å². The van der Waals surface area contributed by atoms with E-state index in [2.05, 4.69) is 72.8 Å². The molecule has 122 valence electrons. The molecule has 0 spiro atoms. The Morgan fingerprint density at radius 1 is 0.640 bits per heavy atom. The van der Waals surface area contributed by atoms with Gasteiger partial charge in [-0.25, -0.2) is 0 Å². The Hall–Kier alpha value is -2.60. The lowest BCUT2D eigenvalue weighted by atomic mass is 9.99. The zero-order valence-corrected chi connectivity index (χ0v) is 14.5. The minimum absolute atomic E-state index is 1.10. The molecule has 0 radical (unpaired) electrons. The normalized spacial score (nSPS) is 14.0. The lowest BCUT2D eigenvalue weighted by Crippen LogP contribution is -1.91. The van der Waals surface area contributed by atoms with Crippen LogP contribution in [-0.4, -0.2) is 0 Å². The summed E-state index contributed by atoms with van der Waals surface area (Å²) in [5, 5.41) is 0. The Balaban J connectivity index is 1.24. The lowest BCUT2D eigenvalue weighted by molar-refractivity contribution is 0.801. The summed E-state index contributed by atoms with van der Waals surface area (Å²) in [6.07, 6.45) is 8.28. The molecule has 0 aromatic heterocycles. The van der Waals surface area contributed by atoms with E-state index in [0.29, 0.717) is 0 Å². The molecule has 25 heavy (non-hydrogen) atoms. The molecule has 0 aliphatic heterocycles. The number of benzene rings is 3. The van der Waals surface area contributed by atoms with Crippen molar-refractivity contribution in [2.75, 3.05) is 0 Å². The Morgan fingerprint density at radius 2 is 1.44 bits per heavy atom. The van der Waals surface area contributed by atoms with E-state index in [9.17, 15) is 0 Å².